The Bertz CT molecular complexity index is 365. The summed E-state index contributed by atoms with van der Waals surface area (Å²) in [5.41, 5.74) is 0.572. The van der Waals surface area contributed by atoms with E-state index in [0.717, 1.165) is 0 Å². The number of ether oxygens (including phenoxy) is 1. The zero-order chi connectivity index (χ0) is 10.4. The molecule has 14 heavy (non-hydrogen) atoms. The highest BCUT2D eigenvalue weighted by atomic mass is 19.1. The van der Waals surface area contributed by atoms with Gasteiger partial charge in [-0.15, -0.1) is 0 Å². The third kappa shape index (κ3) is 2.75. The first-order chi connectivity index (χ1) is 6.77. The fourth-order valence-electron chi connectivity index (χ4n) is 1.01. The highest BCUT2D eigenvalue weighted by molar-refractivity contribution is 5.46. The molecular weight excluding hydrogens is 181 g/mol. The zero-order valence-electron chi connectivity index (χ0n) is 8.23. The van der Waals surface area contributed by atoms with Gasteiger partial charge in [-0.3, -0.25) is 0 Å². The van der Waals surface area contributed by atoms with Crippen LogP contribution in [0, 0.1) is 17.7 Å². The van der Waals surface area contributed by atoms with E-state index in [1.54, 1.807) is 13.1 Å². The summed E-state index contributed by atoms with van der Waals surface area (Å²) in [6.07, 6.45) is 0. The SMILES string of the molecule is CNCC#Cc1cc(F)ccc1OC. The Morgan fingerprint density at radius 3 is 2.93 bits per heavy atom. The lowest BCUT2D eigenvalue weighted by molar-refractivity contribution is 0.412. The normalized spacial score (nSPS) is 9.07. The molecule has 0 atom stereocenters. The largest absolute Gasteiger partial charge is 0.495 e. The lowest BCUT2D eigenvalue weighted by Crippen LogP contribution is -2.04. The second-order valence-corrected chi connectivity index (χ2v) is 2.68. The van der Waals surface area contributed by atoms with Gasteiger partial charge in [0, 0.05) is 0 Å². The summed E-state index contributed by atoms with van der Waals surface area (Å²) in [5.74, 6) is 5.96. The van der Waals surface area contributed by atoms with Crippen molar-refractivity contribution in [2.24, 2.45) is 0 Å². The van der Waals surface area contributed by atoms with Crippen LogP contribution in [-0.4, -0.2) is 20.7 Å². The quantitative estimate of drug-likeness (QED) is 0.717. The molecule has 1 rings (SSSR count). The molecule has 0 saturated heterocycles. The van der Waals surface area contributed by atoms with Crippen molar-refractivity contribution in [1.82, 2.24) is 5.32 Å². The molecule has 0 amide bonds. The number of rotatable bonds is 2. The van der Waals surface area contributed by atoms with Gasteiger partial charge in [0.2, 0.25) is 0 Å². The summed E-state index contributed by atoms with van der Waals surface area (Å²) < 4.78 is 17.9. The molecular formula is C11H12FNO. The van der Waals surface area contributed by atoms with Crippen molar-refractivity contribution in [1.29, 1.82) is 0 Å². The van der Waals surface area contributed by atoms with Gasteiger partial charge >= 0.3 is 0 Å². The first-order valence-corrected chi connectivity index (χ1v) is 4.25. The van der Waals surface area contributed by atoms with Crippen LogP contribution in [-0.2, 0) is 0 Å². The highest BCUT2D eigenvalue weighted by Crippen LogP contribution is 2.17. The van der Waals surface area contributed by atoms with Crippen LogP contribution in [0.1, 0.15) is 5.56 Å². The first-order valence-electron chi connectivity index (χ1n) is 4.25. The van der Waals surface area contributed by atoms with E-state index < -0.39 is 0 Å². The number of benzene rings is 1. The van der Waals surface area contributed by atoms with Crippen LogP contribution in [0.5, 0.6) is 5.75 Å². The number of hydrogen-bond acceptors (Lipinski definition) is 2. The first kappa shape index (κ1) is 10.6. The van der Waals surface area contributed by atoms with E-state index in [9.17, 15) is 4.39 Å². The molecule has 3 heteroatoms. The summed E-state index contributed by atoms with van der Waals surface area (Å²) in [6, 6.07) is 4.28. The molecule has 0 fully saturated rings. The van der Waals surface area contributed by atoms with E-state index in [1.165, 1.54) is 19.2 Å². The second-order valence-electron chi connectivity index (χ2n) is 2.68. The third-order valence-electron chi connectivity index (χ3n) is 1.65. The molecule has 0 aliphatic carbocycles. The van der Waals surface area contributed by atoms with Crippen LogP contribution in [0.4, 0.5) is 4.39 Å². The van der Waals surface area contributed by atoms with Crippen LogP contribution in [0.15, 0.2) is 18.2 Å². The topological polar surface area (TPSA) is 21.3 Å². The van der Waals surface area contributed by atoms with Gasteiger partial charge in [-0.1, -0.05) is 11.8 Å². The molecule has 0 spiro atoms. The van der Waals surface area contributed by atoms with Crippen LogP contribution >= 0.6 is 0 Å². The standard InChI is InChI=1S/C11H12FNO/c1-13-7-3-4-9-8-10(12)5-6-11(9)14-2/h5-6,8,13H,7H2,1-2H3. The Hall–Kier alpha value is -1.53. The van der Waals surface area contributed by atoms with Gasteiger partial charge in [0.15, 0.2) is 0 Å². The maximum Gasteiger partial charge on any atom is 0.134 e. The van der Waals surface area contributed by atoms with Crippen LogP contribution in [0.2, 0.25) is 0 Å². The van der Waals surface area contributed by atoms with Crippen LogP contribution in [0.3, 0.4) is 0 Å². The molecule has 0 aromatic heterocycles. The van der Waals surface area contributed by atoms with Crippen molar-refractivity contribution < 1.29 is 9.13 Å². The Labute approximate surface area is 83.1 Å². The second kappa shape index (κ2) is 5.25. The fourth-order valence-corrected chi connectivity index (χ4v) is 1.01. The summed E-state index contributed by atoms with van der Waals surface area (Å²) in [7, 11) is 3.34. The van der Waals surface area contributed by atoms with E-state index in [0.29, 0.717) is 17.9 Å². The molecule has 0 aliphatic rings. The molecule has 0 saturated carbocycles. The minimum Gasteiger partial charge on any atom is -0.495 e. The Morgan fingerprint density at radius 1 is 1.50 bits per heavy atom. The summed E-state index contributed by atoms with van der Waals surface area (Å²) in [5, 5.41) is 2.88. The maximum atomic E-state index is 12.9. The molecule has 0 heterocycles. The van der Waals surface area contributed by atoms with E-state index in [1.807, 2.05) is 0 Å². The molecule has 0 bridgehead atoms. The average molecular weight is 193 g/mol. The Kier molecular flexibility index (Phi) is 3.96. The lowest BCUT2D eigenvalue weighted by atomic mass is 10.2. The summed E-state index contributed by atoms with van der Waals surface area (Å²) in [4.78, 5) is 0. The van der Waals surface area contributed by atoms with Crippen molar-refractivity contribution in [3.05, 3.63) is 29.6 Å². The van der Waals surface area contributed by atoms with Crippen molar-refractivity contribution in [3.63, 3.8) is 0 Å². The number of halogens is 1. The molecule has 74 valence electrons. The zero-order valence-corrected chi connectivity index (χ0v) is 8.23. The molecule has 0 aliphatic heterocycles. The van der Waals surface area contributed by atoms with Crippen molar-refractivity contribution in [2.75, 3.05) is 20.7 Å². The van der Waals surface area contributed by atoms with E-state index in [-0.39, 0.29) is 5.82 Å². The molecule has 1 aromatic rings. The summed E-state index contributed by atoms with van der Waals surface area (Å²) >= 11 is 0. The van der Waals surface area contributed by atoms with Gasteiger partial charge in [0.05, 0.1) is 19.2 Å². The number of methoxy groups -OCH3 is 1. The number of nitrogens with one attached hydrogen (secondary N) is 1. The third-order valence-corrected chi connectivity index (χ3v) is 1.65. The molecule has 1 N–H and O–H groups in total. The van der Waals surface area contributed by atoms with Crippen molar-refractivity contribution >= 4 is 0 Å². The smallest absolute Gasteiger partial charge is 0.134 e. The van der Waals surface area contributed by atoms with E-state index in [2.05, 4.69) is 17.2 Å². The number of hydrogen-bond donors (Lipinski definition) is 1. The summed E-state index contributed by atoms with van der Waals surface area (Å²) in [6.45, 7) is 0.569. The van der Waals surface area contributed by atoms with Gasteiger partial charge < -0.3 is 10.1 Å². The minimum absolute atomic E-state index is 0.306. The van der Waals surface area contributed by atoms with Gasteiger partial charge in [-0.25, -0.2) is 4.39 Å². The van der Waals surface area contributed by atoms with Crippen LogP contribution in [0.25, 0.3) is 0 Å². The van der Waals surface area contributed by atoms with Crippen LogP contribution < -0.4 is 10.1 Å². The van der Waals surface area contributed by atoms with E-state index in [4.69, 9.17) is 4.74 Å². The van der Waals surface area contributed by atoms with Gasteiger partial charge in [-0.2, -0.15) is 0 Å². The monoisotopic (exact) mass is 193 g/mol. The fraction of sp³-hybridized carbons (Fsp3) is 0.273. The Balaban J connectivity index is 2.94. The highest BCUT2D eigenvalue weighted by Gasteiger charge is 2.00. The minimum atomic E-state index is -0.306. The Morgan fingerprint density at radius 2 is 2.29 bits per heavy atom. The lowest BCUT2D eigenvalue weighted by Gasteiger charge is -2.01. The van der Waals surface area contributed by atoms with Gasteiger partial charge in [0.25, 0.3) is 0 Å². The van der Waals surface area contributed by atoms with Gasteiger partial charge in [0.1, 0.15) is 11.6 Å². The van der Waals surface area contributed by atoms with Gasteiger partial charge in [-0.05, 0) is 25.2 Å². The van der Waals surface area contributed by atoms with Crippen molar-refractivity contribution in [3.8, 4) is 17.6 Å². The maximum absolute atomic E-state index is 12.9. The predicted octanol–water partition coefficient (Wildman–Crippen LogP) is 1.41. The molecule has 0 radical (unpaired) electrons. The predicted molar refractivity (Wildman–Crippen MR) is 53.8 cm³/mol. The van der Waals surface area contributed by atoms with E-state index >= 15 is 0 Å². The molecule has 1 aromatic carbocycles. The molecule has 0 unspecified atom stereocenters. The molecule has 2 nitrogen and oxygen atoms in total. The average Bonchev–Trinajstić information content (AvgIpc) is 2.19. The van der Waals surface area contributed by atoms with Crippen molar-refractivity contribution in [2.45, 2.75) is 0 Å².